The maximum atomic E-state index is 12.1. The fraction of sp³-hybridized carbons (Fsp3) is 0.125. The van der Waals surface area contributed by atoms with E-state index in [1.807, 2.05) is 30.3 Å². The second-order valence-corrected chi connectivity index (χ2v) is 5.01. The van der Waals surface area contributed by atoms with Crippen LogP contribution in [0.2, 0.25) is 0 Å². The molecule has 2 aromatic carbocycles. The Kier molecular flexibility index (Phi) is 3.42. The summed E-state index contributed by atoms with van der Waals surface area (Å²) in [5.74, 6) is -0.0242. The Labute approximate surface area is 126 Å². The fourth-order valence-corrected chi connectivity index (χ4v) is 2.57. The molecule has 1 heterocycles. The summed E-state index contributed by atoms with van der Waals surface area (Å²) >= 11 is 0. The van der Waals surface area contributed by atoms with Crippen LogP contribution in [0.5, 0.6) is 0 Å². The van der Waals surface area contributed by atoms with E-state index in [1.54, 1.807) is 17.0 Å². The van der Waals surface area contributed by atoms with E-state index in [1.165, 1.54) is 19.1 Å². The van der Waals surface area contributed by atoms with Crippen molar-refractivity contribution in [2.24, 2.45) is 0 Å². The monoisotopic (exact) mass is 295 g/mol. The van der Waals surface area contributed by atoms with Crippen molar-refractivity contribution in [3.05, 3.63) is 70.5 Å². The summed E-state index contributed by atoms with van der Waals surface area (Å²) < 4.78 is 1.75. The maximum absolute atomic E-state index is 12.1. The number of rotatable bonds is 4. The van der Waals surface area contributed by atoms with Crippen molar-refractivity contribution in [1.29, 1.82) is 0 Å². The minimum atomic E-state index is -0.493. The normalized spacial score (nSPS) is 12.2. The summed E-state index contributed by atoms with van der Waals surface area (Å²) in [7, 11) is 0. The Balaban J connectivity index is 2.15. The van der Waals surface area contributed by atoms with Crippen LogP contribution in [0.1, 0.15) is 18.5 Å². The third-order valence-electron chi connectivity index (χ3n) is 3.55. The van der Waals surface area contributed by atoms with Crippen LogP contribution < -0.4 is 0 Å². The van der Waals surface area contributed by atoms with Gasteiger partial charge in [0.2, 0.25) is 0 Å². The van der Waals surface area contributed by atoms with Crippen LogP contribution in [0, 0.1) is 10.1 Å². The number of ketones is 1. The lowest BCUT2D eigenvalue weighted by Gasteiger charge is -2.17. The number of hydrogen-bond donors (Lipinski definition) is 0. The lowest BCUT2D eigenvalue weighted by Crippen LogP contribution is -2.17. The van der Waals surface area contributed by atoms with Crippen molar-refractivity contribution in [3.8, 4) is 0 Å². The van der Waals surface area contributed by atoms with E-state index in [-0.39, 0.29) is 11.5 Å². The van der Waals surface area contributed by atoms with Gasteiger partial charge in [-0.25, -0.2) is 4.98 Å². The van der Waals surface area contributed by atoms with Crippen molar-refractivity contribution in [2.75, 3.05) is 0 Å². The minimum absolute atomic E-state index is 0.0168. The van der Waals surface area contributed by atoms with E-state index in [4.69, 9.17) is 0 Å². The van der Waals surface area contributed by atoms with Crippen molar-refractivity contribution >= 4 is 22.5 Å². The van der Waals surface area contributed by atoms with Gasteiger partial charge in [-0.05, 0) is 18.6 Å². The first-order valence-electron chi connectivity index (χ1n) is 6.74. The predicted molar refractivity (Wildman–Crippen MR) is 81.6 cm³/mol. The van der Waals surface area contributed by atoms with Crippen molar-refractivity contribution in [1.82, 2.24) is 9.55 Å². The smallest absolute Gasteiger partial charge is 0.271 e. The highest BCUT2D eigenvalue weighted by molar-refractivity contribution is 5.87. The van der Waals surface area contributed by atoms with Crippen LogP contribution in [0.4, 0.5) is 5.69 Å². The van der Waals surface area contributed by atoms with Crippen molar-refractivity contribution in [3.63, 3.8) is 0 Å². The number of carbonyl (C=O) groups is 1. The van der Waals surface area contributed by atoms with Crippen LogP contribution >= 0.6 is 0 Å². The van der Waals surface area contributed by atoms with Gasteiger partial charge in [-0.2, -0.15) is 0 Å². The van der Waals surface area contributed by atoms with Crippen LogP contribution in [-0.2, 0) is 4.79 Å². The number of imidazole rings is 1. The molecule has 3 aromatic rings. The van der Waals surface area contributed by atoms with Crippen molar-refractivity contribution in [2.45, 2.75) is 13.0 Å². The third-order valence-corrected chi connectivity index (χ3v) is 3.55. The van der Waals surface area contributed by atoms with E-state index < -0.39 is 11.0 Å². The number of nitrogens with zero attached hydrogens (tertiary/aromatic N) is 3. The van der Waals surface area contributed by atoms with E-state index in [0.717, 1.165) is 5.56 Å². The topological polar surface area (TPSA) is 78.0 Å². The molecule has 0 saturated carbocycles. The molecule has 3 rings (SSSR count). The SMILES string of the molecule is CC(=O)C(c1ccccc1)n1cnc2cc([N+](=O)[O-])ccc21. The molecule has 0 aliphatic carbocycles. The highest BCUT2D eigenvalue weighted by Gasteiger charge is 2.21. The quantitative estimate of drug-likeness (QED) is 0.547. The Hall–Kier alpha value is -3.02. The molecule has 0 radical (unpaired) electrons. The van der Waals surface area contributed by atoms with Crippen LogP contribution in [0.15, 0.2) is 54.9 Å². The number of aromatic nitrogens is 2. The number of non-ortho nitro benzene ring substituents is 1. The van der Waals surface area contributed by atoms with E-state index in [9.17, 15) is 14.9 Å². The van der Waals surface area contributed by atoms with E-state index in [2.05, 4.69) is 4.98 Å². The molecule has 0 saturated heterocycles. The Morgan fingerprint density at radius 1 is 1.23 bits per heavy atom. The molecule has 0 aliphatic heterocycles. The number of fused-ring (bicyclic) bond motifs is 1. The molecule has 22 heavy (non-hydrogen) atoms. The zero-order chi connectivity index (χ0) is 15.7. The average Bonchev–Trinajstić information content (AvgIpc) is 2.91. The number of hydrogen-bond acceptors (Lipinski definition) is 4. The molecule has 1 atom stereocenters. The number of nitro benzene ring substituents is 1. The van der Waals surface area contributed by atoms with Gasteiger partial charge in [-0.3, -0.25) is 14.9 Å². The first kappa shape index (κ1) is 13.9. The van der Waals surface area contributed by atoms with Crippen LogP contribution in [0.25, 0.3) is 11.0 Å². The van der Waals surface area contributed by atoms with E-state index in [0.29, 0.717) is 11.0 Å². The molecule has 110 valence electrons. The molecule has 0 bridgehead atoms. The summed E-state index contributed by atoms with van der Waals surface area (Å²) in [6, 6.07) is 13.3. The number of benzene rings is 2. The van der Waals surface area contributed by atoms with Gasteiger partial charge in [-0.1, -0.05) is 30.3 Å². The first-order chi connectivity index (χ1) is 10.6. The average molecular weight is 295 g/mol. The van der Waals surface area contributed by atoms with Gasteiger partial charge in [-0.15, -0.1) is 0 Å². The molecule has 0 fully saturated rings. The largest absolute Gasteiger partial charge is 0.316 e. The lowest BCUT2D eigenvalue weighted by atomic mass is 10.0. The molecular weight excluding hydrogens is 282 g/mol. The maximum Gasteiger partial charge on any atom is 0.271 e. The standard InChI is InChI=1S/C16H13N3O3/c1-11(20)16(12-5-3-2-4-6-12)18-10-17-14-9-13(19(21)22)7-8-15(14)18/h2-10,16H,1H3. The van der Waals surface area contributed by atoms with E-state index >= 15 is 0 Å². The van der Waals surface area contributed by atoms with Gasteiger partial charge >= 0.3 is 0 Å². The molecule has 0 amide bonds. The molecule has 0 N–H and O–H groups in total. The lowest BCUT2D eigenvalue weighted by molar-refractivity contribution is -0.384. The summed E-state index contributed by atoms with van der Waals surface area (Å²) in [5, 5.41) is 10.8. The summed E-state index contributed by atoms with van der Waals surface area (Å²) in [6.45, 7) is 1.52. The summed E-state index contributed by atoms with van der Waals surface area (Å²) in [5.41, 5.74) is 2.02. The van der Waals surface area contributed by atoms with Crippen LogP contribution in [0.3, 0.4) is 0 Å². The fourth-order valence-electron chi connectivity index (χ4n) is 2.57. The minimum Gasteiger partial charge on any atom is -0.316 e. The van der Waals surface area contributed by atoms with Crippen molar-refractivity contribution < 1.29 is 9.72 Å². The molecule has 1 unspecified atom stereocenters. The van der Waals surface area contributed by atoms with Gasteiger partial charge in [0, 0.05) is 12.1 Å². The van der Waals surface area contributed by atoms with Gasteiger partial charge in [0.25, 0.3) is 5.69 Å². The summed E-state index contributed by atoms with van der Waals surface area (Å²) in [6.07, 6.45) is 1.55. The Morgan fingerprint density at radius 3 is 2.59 bits per heavy atom. The zero-order valence-electron chi connectivity index (χ0n) is 11.8. The molecule has 6 heteroatoms. The molecule has 0 spiro atoms. The Morgan fingerprint density at radius 2 is 1.95 bits per heavy atom. The highest BCUT2D eigenvalue weighted by atomic mass is 16.6. The van der Waals surface area contributed by atoms with Gasteiger partial charge < -0.3 is 4.57 Å². The highest BCUT2D eigenvalue weighted by Crippen LogP contribution is 2.26. The number of Topliss-reactive ketones (excluding diaryl/α,β-unsaturated/α-hetero) is 1. The first-order valence-corrected chi connectivity index (χ1v) is 6.74. The Bertz CT molecular complexity index is 855. The number of nitro groups is 1. The van der Waals surface area contributed by atoms with Gasteiger partial charge in [0.1, 0.15) is 6.04 Å². The molecule has 6 nitrogen and oxygen atoms in total. The molecule has 1 aromatic heterocycles. The molecular formula is C16H13N3O3. The predicted octanol–water partition coefficient (Wildman–Crippen LogP) is 3.12. The second kappa shape index (κ2) is 5.40. The number of carbonyl (C=O) groups excluding carboxylic acids is 1. The van der Waals surface area contributed by atoms with Gasteiger partial charge in [0.15, 0.2) is 5.78 Å². The summed E-state index contributed by atoms with van der Waals surface area (Å²) in [4.78, 5) is 26.7. The second-order valence-electron chi connectivity index (χ2n) is 5.01. The third kappa shape index (κ3) is 2.35. The zero-order valence-corrected chi connectivity index (χ0v) is 11.8. The van der Waals surface area contributed by atoms with Gasteiger partial charge in [0.05, 0.1) is 22.3 Å². The molecule has 0 aliphatic rings. The van der Waals surface area contributed by atoms with Crippen LogP contribution in [-0.4, -0.2) is 20.3 Å².